The summed E-state index contributed by atoms with van der Waals surface area (Å²) in [6.45, 7) is -0.0288. The zero-order chi connectivity index (χ0) is 23.2. The Morgan fingerprint density at radius 2 is 1.94 bits per heavy atom. The van der Waals surface area contributed by atoms with Crippen LogP contribution in [0.15, 0.2) is 24.3 Å². The average molecular weight is 448 g/mol. The molecule has 2 aliphatic rings. The molecule has 1 atom stereocenters. The van der Waals surface area contributed by atoms with Crippen LogP contribution in [0.5, 0.6) is 0 Å². The van der Waals surface area contributed by atoms with Crippen LogP contribution < -0.4 is 0 Å². The van der Waals surface area contributed by atoms with E-state index in [9.17, 15) is 27.6 Å². The number of carbonyl (C=O) groups excluding carboxylic acids is 3. The lowest BCUT2D eigenvalue weighted by atomic mass is 9.97. The van der Waals surface area contributed by atoms with Crippen molar-refractivity contribution in [3.63, 3.8) is 0 Å². The summed E-state index contributed by atoms with van der Waals surface area (Å²) in [7, 11) is 3.08. The minimum Gasteiger partial charge on any atom is -0.343 e. The second-order valence-electron chi connectivity index (χ2n) is 8.34. The molecule has 7 nitrogen and oxygen atoms in total. The number of benzene rings is 1. The summed E-state index contributed by atoms with van der Waals surface area (Å²) in [6, 6.07) is 7.02. The minimum absolute atomic E-state index is 0.0626. The Bertz CT molecular complexity index is 1090. The van der Waals surface area contributed by atoms with Crippen molar-refractivity contribution in [3.8, 4) is 0 Å². The van der Waals surface area contributed by atoms with Gasteiger partial charge in [-0.2, -0.15) is 18.3 Å². The summed E-state index contributed by atoms with van der Waals surface area (Å²) >= 11 is 0. The number of alkyl halides is 3. The number of carbonyl (C=O) groups is 3. The molecule has 1 aliphatic heterocycles. The number of aromatic nitrogens is 2. The van der Waals surface area contributed by atoms with Crippen molar-refractivity contribution in [1.29, 1.82) is 0 Å². The summed E-state index contributed by atoms with van der Waals surface area (Å²) in [5, 5.41) is 4.19. The minimum atomic E-state index is -4.34. The number of fused-ring (bicyclic) bond motifs is 2. The highest BCUT2D eigenvalue weighted by molar-refractivity contribution is 6.06. The number of hydrogen-bond acceptors (Lipinski definition) is 4. The third kappa shape index (κ3) is 4.01. The lowest BCUT2D eigenvalue weighted by Crippen LogP contribution is -2.39. The number of rotatable bonds is 4. The van der Waals surface area contributed by atoms with E-state index < -0.39 is 24.4 Å². The first kappa shape index (κ1) is 22.0. The molecule has 1 aromatic carbocycles. The van der Waals surface area contributed by atoms with Crippen LogP contribution in [0.25, 0.3) is 0 Å². The molecular weight excluding hydrogens is 425 g/mol. The van der Waals surface area contributed by atoms with Crippen molar-refractivity contribution in [1.82, 2.24) is 19.6 Å². The van der Waals surface area contributed by atoms with E-state index in [1.165, 1.54) is 23.7 Å². The van der Waals surface area contributed by atoms with E-state index in [1.807, 2.05) is 0 Å². The van der Waals surface area contributed by atoms with Crippen LogP contribution in [0.2, 0.25) is 0 Å². The third-order valence-corrected chi connectivity index (χ3v) is 5.99. The Labute approximate surface area is 182 Å². The molecule has 0 saturated heterocycles. The van der Waals surface area contributed by atoms with Gasteiger partial charge in [-0.15, -0.1) is 0 Å². The Balaban J connectivity index is 1.62. The number of halogens is 3. The summed E-state index contributed by atoms with van der Waals surface area (Å²) < 4.78 is 39.5. The van der Waals surface area contributed by atoms with Crippen molar-refractivity contribution >= 4 is 17.6 Å². The van der Waals surface area contributed by atoms with Gasteiger partial charge in [0, 0.05) is 63.4 Å². The second kappa shape index (κ2) is 8.07. The van der Waals surface area contributed by atoms with Gasteiger partial charge in [-0.25, -0.2) is 0 Å². The second-order valence-corrected chi connectivity index (χ2v) is 8.34. The van der Waals surface area contributed by atoms with Gasteiger partial charge in [0.05, 0.1) is 12.3 Å². The number of amides is 2. The van der Waals surface area contributed by atoms with Crippen LogP contribution >= 0.6 is 0 Å². The Hall–Kier alpha value is -3.17. The first-order valence-electron chi connectivity index (χ1n) is 10.3. The smallest absolute Gasteiger partial charge is 0.343 e. The highest BCUT2D eigenvalue weighted by Crippen LogP contribution is 2.36. The molecule has 0 fully saturated rings. The van der Waals surface area contributed by atoms with Crippen LogP contribution in [0.1, 0.15) is 56.4 Å². The number of Topliss-reactive ketones (excluding diaryl/α,β-unsaturated/α-hetero) is 1. The predicted octanol–water partition coefficient (Wildman–Crippen LogP) is 2.79. The van der Waals surface area contributed by atoms with Crippen LogP contribution in [0.3, 0.4) is 0 Å². The fourth-order valence-corrected chi connectivity index (χ4v) is 4.38. The van der Waals surface area contributed by atoms with E-state index in [2.05, 4.69) is 5.10 Å². The fraction of sp³-hybridized carbons (Fsp3) is 0.455. The summed E-state index contributed by atoms with van der Waals surface area (Å²) in [5.74, 6) is -1.32. The van der Waals surface area contributed by atoms with Gasteiger partial charge in [-0.1, -0.05) is 24.3 Å². The van der Waals surface area contributed by atoms with Crippen LogP contribution in [0, 0.1) is 0 Å². The zero-order valence-corrected chi connectivity index (χ0v) is 17.8. The van der Waals surface area contributed by atoms with Gasteiger partial charge in [-0.05, 0) is 5.56 Å². The van der Waals surface area contributed by atoms with Gasteiger partial charge in [0.15, 0.2) is 11.5 Å². The molecule has 0 N–H and O–H groups in total. The van der Waals surface area contributed by atoms with Gasteiger partial charge in [-0.3, -0.25) is 19.1 Å². The maximum Gasteiger partial charge on any atom is 0.390 e. The van der Waals surface area contributed by atoms with Crippen LogP contribution in [-0.2, 0) is 24.3 Å². The van der Waals surface area contributed by atoms with Gasteiger partial charge < -0.3 is 9.80 Å². The standard InChI is InChI=1S/C22H23F3N4O3/c1-27(2)21(32)19-16-12-28(9-7-17(16)29(26-19)10-8-22(23,24)25)20(31)15-11-18(30)14-6-4-3-5-13(14)15/h3-6,15H,7-12H2,1-2H3. The zero-order valence-electron chi connectivity index (χ0n) is 17.8. The average Bonchev–Trinajstić information content (AvgIpc) is 3.28. The van der Waals surface area contributed by atoms with Crippen LogP contribution in [-0.4, -0.2) is 64.0 Å². The summed E-state index contributed by atoms with van der Waals surface area (Å²) in [4.78, 5) is 41.1. The Morgan fingerprint density at radius 3 is 2.62 bits per heavy atom. The number of hydrogen-bond donors (Lipinski definition) is 0. The van der Waals surface area contributed by atoms with E-state index in [-0.39, 0.29) is 49.9 Å². The first-order chi connectivity index (χ1) is 15.1. The molecule has 10 heteroatoms. The summed E-state index contributed by atoms with van der Waals surface area (Å²) in [5.41, 5.74) is 2.33. The van der Waals surface area contributed by atoms with Gasteiger partial charge >= 0.3 is 6.18 Å². The SMILES string of the molecule is CN(C)C(=O)c1nn(CCC(F)(F)F)c2c1CN(C(=O)C1CC(=O)c3ccccc31)CC2. The molecule has 0 radical (unpaired) electrons. The van der Waals surface area contributed by atoms with Gasteiger partial charge in [0.25, 0.3) is 5.91 Å². The molecule has 0 spiro atoms. The van der Waals surface area contributed by atoms with Crippen LogP contribution in [0.4, 0.5) is 13.2 Å². The van der Waals surface area contributed by atoms with Crippen molar-refractivity contribution in [2.24, 2.45) is 0 Å². The largest absolute Gasteiger partial charge is 0.390 e. The molecular formula is C22H23F3N4O3. The third-order valence-electron chi connectivity index (χ3n) is 5.99. The fourth-order valence-electron chi connectivity index (χ4n) is 4.38. The van der Waals surface area contributed by atoms with Crippen molar-refractivity contribution in [2.75, 3.05) is 20.6 Å². The highest BCUT2D eigenvalue weighted by atomic mass is 19.4. The Kier molecular flexibility index (Phi) is 5.56. The van der Waals surface area contributed by atoms with Crippen molar-refractivity contribution < 1.29 is 27.6 Å². The molecule has 4 rings (SSSR count). The molecule has 1 aliphatic carbocycles. The molecule has 2 heterocycles. The topological polar surface area (TPSA) is 75.5 Å². The molecule has 2 amide bonds. The maximum atomic E-state index is 13.3. The van der Waals surface area contributed by atoms with Gasteiger partial charge in [0.2, 0.25) is 5.91 Å². The number of ketones is 1. The van der Waals surface area contributed by atoms with E-state index >= 15 is 0 Å². The number of aryl methyl sites for hydroxylation is 1. The lowest BCUT2D eigenvalue weighted by Gasteiger charge is -2.30. The molecule has 0 bridgehead atoms. The maximum absolute atomic E-state index is 13.3. The van der Waals surface area contributed by atoms with Crippen molar-refractivity contribution in [3.05, 3.63) is 52.3 Å². The normalized spacial score (nSPS) is 17.8. The predicted molar refractivity (Wildman–Crippen MR) is 108 cm³/mol. The molecule has 32 heavy (non-hydrogen) atoms. The lowest BCUT2D eigenvalue weighted by molar-refractivity contribution is -0.137. The van der Waals surface area contributed by atoms with E-state index in [0.29, 0.717) is 22.4 Å². The number of nitrogens with zero attached hydrogens (tertiary/aromatic N) is 4. The van der Waals surface area contributed by atoms with E-state index in [4.69, 9.17) is 0 Å². The van der Waals surface area contributed by atoms with Gasteiger partial charge in [0.1, 0.15) is 0 Å². The molecule has 0 saturated carbocycles. The summed E-state index contributed by atoms with van der Waals surface area (Å²) in [6.07, 6.45) is -5.02. The molecule has 1 unspecified atom stereocenters. The van der Waals surface area contributed by atoms with E-state index in [0.717, 1.165) is 0 Å². The molecule has 1 aromatic heterocycles. The molecule has 2 aromatic rings. The van der Waals surface area contributed by atoms with E-state index in [1.54, 1.807) is 29.2 Å². The first-order valence-corrected chi connectivity index (χ1v) is 10.3. The monoisotopic (exact) mass is 448 g/mol. The Morgan fingerprint density at radius 1 is 1.22 bits per heavy atom. The highest BCUT2D eigenvalue weighted by Gasteiger charge is 2.39. The molecule has 170 valence electrons. The van der Waals surface area contributed by atoms with Crippen molar-refractivity contribution in [2.45, 2.75) is 44.4 Å². The quantitative estimate of drug-likeness (QED) is 0.721.